The Hall–Kier alpha value is -4.40. The molecule has 33 heavy (non-hydrogen) atoms. The molecule has 0 aliphatic carbocycles. The summed E-state index contributed by atoms with van der Waals surface area (Å²) in [5.74, 6) is 0.924. The summed E-state index contributed by atoms with van der Waals surface area (Å²) in [7, 11) is 0. The predicted octanol–water partition coefficient (Wildman–Crippen LogP) is 3.67. The minimum Gasteiger partial charge on any atom is -0.451 e. The first kappa shape index (κ1) is 19.3. The first-order valence-electron chi connectivity index (χ1n) is 10.7. The number of nitrogens with zero attached hydrogens (tertiary/aromatic N) is 4. The third-order valence-corrected chi connectivity index (χ3v) is 6.10. The van der Waals surface area contributed by atoms with Crippen LogP contribution >= 0.6 is 0 Å². The number of benzene rings is 2. The standard InChI is InChI=1S/C24H21N7O2/c1-13-16-7-3-5-9-19(16)33-20(13)23(32)31-12-15(10-14-6-2-4-8-18(14)31)27-21-17-11-26-30-22(17)29-24(25)28-21/h2-9,11,15H,10,12H2,1H3,(H4,25,26,27,28,29,30). The van der Waals surface area contributed by atoms with Gasteiger partial charge in [0.25, 0.3) is 5.91 Å². The van der Waals surface area contributed by atoms with E-state index in [2.05, 4.69) is 25.5 Å². The minimum atomic E-state index is -0.168. The van der Waals surface area contributed by atoms with Crippen LogP contribution in [0.15, 0.2) is 59.1 Å². The second-order valence-corrected chi connectivity index (χ2v) is 8.20. The number of rotatable bonds is 3. The molecule has 0 saturated carbocycles. The number of carbonyl (C=O) groups excluding carboxylic acids is 1. The number of aromatic amines is 1. The molecule has 1 unspecified atom stereocenters. The van der Waals surface area contributed by atoms with Gasteiger partial charge in [0.05, 0.1) is 11.6 Å². The van der Waals surface area contributed by atoms with Crippen molar-refractivity contribution in [2.45, 2.75) is 19.4 Å². The van der Waals surface area contributed by atoms with Crippen LogP contribution in [-0.2, 0) is 6.42 Å². The van der Waals surface area contributed by atoms with Gasteiger partial charge < -0.3 is 20.4 Å². The van der Waals surface area contributed by atoms with E-state index in [1.54, 1.807) is 11.1 Å². The monoisotopic (exact) mass is 439 g/mol. The molecule has 0 spiro atoms. The van der Waals surface area contributed by atoms with Crippen molar-refractivity contribution in [2.24, 2.45) is 0 Å². The Kier molecular flexibility index (Phi) is 4.29. The number of aryl methyl sites for hydroxylation is 1. The fourth-order valence-electron chi connectivity index (χ4n) is 4.54. The number of para-hydroxylation sites is 2. The highest BCUT2D eigenvalue weighted by Gasteiger charge is 2.32. The Labute approximate surface area is 188 Å². The van der Waals surface area contributed by atoms with Gasteiger partial charge in [-0.3, -0.25) is 9.89 Å². The second kappa shape index (κ2) is 7.33. The van der Waals surface area contributed by atoms with Gasteiger partial charge in [0, 0.05) is 29.2 Å². The summed E-state index contributed by atoms with van der Waals surface area (Å²) in [6, 6.07) is 15.5. The van der Waals surface area contributed by atoms with Crippen molar-refractivity contribution in [3.8, 4) is 0 Å². The molecule has 6 rings (SSSR count). The lowest BCUT2D eigenvalue weighted by Gasteiger charge is -2.35. The van der Waals surface area contributed by atoms with Gasteiger partial charge >= 0.3 is 0 Å². The van der Waals surface area contributed by atoms with Gasteiger partial charge in [-0.05, 0) is 31.0 Å². The molecule has 5 aromatic rings. The Morgan fingerprint density at radius 2 is 1.97 bits per heavy atom. The van der Waals surface area contributed by atoms with Gasteiger partial charge in [0.1, 0.15) is 11.4 Å². The molecule has 0 saturated heterocycles. The topological polar surface area (TPSA) is 126 Å². The number of nitrogens with one attached hydrogen (secondary N) is 2. The van der Waals surface area contributed by atoms with Gasteiger partial charge in [-0.25, -0.2) is 0 Å². The van der Waals surface area contributed by atoms with Crippen LogP contribution in [0, 0.1) is 6.92 Å². The van der Waals surface area contributed by atoms with Crippen LogP contribution in [0.3, 0.4) is 0 Å². The van der Waals surface area contributed by atoms with Crippen LogP contribution in [0.5, 0.6) is 0 Å². The molecule has 1 aliphatic rings. The van der Waals surface area contributed by atoms with Gasteiger partial charge in [0.2, 0.25) is 5.95 Å². The molecule has 0 bridgehead atoms. The molecule has 1 atom stereocenters. The van der Waals surface area contributed by atoms with E-state index in [9.17, 15) is 4.79 Å². The summed E-state index contributed by atoms with van der Waals surface area (Å²) < 4.78 is 5.98. The van der Waals surface area contributed by atoms with Crippen molar-refractivity contribution < 1.29 is 9.21 Å². The van der Waals surface area contributed by atoms with Crippen molar-refractivity contribution >= 4 is 45.4 Å². The summed E-state index contributed by atoms with van der Waals surface area (Å²) in [5.41, 5.74) is 9.94. The number of fused-ring (bicyclic) bond motifs is 3. The number of aromatic nitrogens is 4. The highest BCUT2D eigenvalue weighted by Crippen LogP contribution is 2.33. The number of amides is 1. The van der Waals surface area contributed by atoms with Crippen LogP contribution in [0.4, 0.5) is 17.5 Å². The molecular formula is C24H21N7O2. The van der Waals surface area contributed by atoms with Crippen LogP contribution in [0.25, 0.3) is 22.0 Å². The number of nitrogens with two attached hydrogens (primary N) is 1. The zero-order valence-corrected chi connectivity index (χ0v) is 17.9. The largest absolute Gasteiger partial charge is 0.451 e. The van der Waals surface area contributed by atoms with E-state index < -0.39 is 0 Å². The molecule has 9 nitrogen and oxygen atoms in total. The van der Waals surface area contributed by atoms with E-state index in [0.29, 0.717) is 29.4 Å². The molecule has 0 fully saturated rings. The predicted molar refractivity (Wildman–Crippen MR) is 126 cm³/mol. The number of anilines is 3. The first-order chi connectivity index (χ1) is 16.1. The van der Waals surface area contributed by atoms with Crippen molar-refractivity contribution in [1.82, 2.24) is 20.2 Å². The summed E-state index contributed by atoms with van der Waals surface area (Å²) in [6.45, 7) is 2.36. The van der Waals surface area contributed by atoms with Crippen LogP contribution in [-0.4, -0.2) is 38.7 Å². The highest BCUT2D eigenvalue weighted by molar-refractivity contribution is 6.08. The summed E-state index contributed by atoms with van der Waals surface area (Å²) in [6.07, 6.45) is 2.39. The van der Waals surface area contributed by atoms with Crippen molar-refractivity contribution in [2.75, 3.05) is 22.5 Å². The molecule has 9 heteroatoms. The van der Waals surface area contributed by atoms with Crippen molar-refractivity contribution in [1.29, 1.82) is 0 Å². The lowest BCUT2D eigenvalue weighted by molar-refractivity contribution is 0.0958. The SMILES string of the molecule is Cc1c(C(=O)N2CC(Nc3nc(N)nc4[nH]ncc34)Cc3ccccc32)oc2ccccc12. The van der Waals surface area contributed by atoms with Gasteiger partial charge in [0.15, 0.2) is 11.4 Å². The van der Waals surface area contributed by atoms with Crippen molar-refractivity contribution in [3.05, 3.63) is 71.6 Å². The average molecular weight is 439 g/mol. The minimum absolute atomic E-state index is 0.0964. The normalized spacial score (nSPS) is 15.7. The van der Waals surface area contributed by atoms with Gasteiger partial charge in [-0.15, -0.1) is 0 Å². The molecule has 164 valence electrons. The fraction of sp³-hybridized carbons (Fsp3) is 0.167. The number of hydrogen-bond acceptors (Lipinski definition) is 7. The Morgan fingerprint density at radius 1 is 1.15 bits per heavy atom. The van der Waals surface area contributed by atoms with Gasteiger partial charge in [-0.2, -0.15) is 15.1 Å². The van der Waals surface area contributed by atoms with E-state index in [1.165, 1.54) is 0 Å². The summed E-state index contributed by atoms with van der Waals surface area (Å²) in [5, 5.41) is 12.0. The third kappa shape index (κ3) is 3.16. The van der Waals surface area contributed by atoms with Crippen molar-refractivity contribution in [3.63, 3.8) is 0 Å². The zero-order chi connectivity index (χ0) is 22.5. The quantitative estimate of drug-likeness (QED) is 0.391. The van der Waals surface area contributed by atoms with Gasteiger partial charge in [-0.1, -0.05) is 36.4 Å². The van der Waals surface area contributed by atoms with E-state index in [-0.39, 0.29) is 17.9 Å². The molecule has 3 aromatic heterocycles. The zero-order valence-electron chi connectivity index (χ0n) is 17.9. The molecule has 0 radical (unpaired) electrons. The average Bonchev–Trinajstić information content (AvgIpc) is 3.43. The third-order valence-electron chi connectivity index (χ3n) is 6.10. The van der Waals surface area contributed by atoms with E-state index in [0.717, 1.165) is 34.0 Å². The van der Waals surface area contributed by atoms with E-state index in [4.69, 9.17) is 10.2 Å². The summed E-state index contributed by atoms with van der Waals surface area (Å²) >= 11 is 0. The maximum absolute atomic E-state index is 13.7. The Balaban J connectivity index is 1.38. The Bertz CT molecular complexity index is 1520. The summed E-state index contributed by atoms with van der Waals surface area (Å²) in [4.78, 5) is 24.0. The number of nitrogen functional groups attached to an aromatic ring is 1. The molecule has 4 heterocycles. The van der Waals surface area contributed by atoms with Crippen LogP contribution in [0.2, 0.25) is 0 Å². The maximum Gasteiger partial charge on any atom is 0.294 e. The smallest absolute Gasteiger partial charge is 0.294 e. The number of furan rings is 1. The van der Waals surface area contributed by atoms with Crippen LogP contribution in [0.1, 0.15) is 21.7 Å². The highest BCUT2D eigenvalue weighted by atomic mass is 16.3. The number of hydrogen-bond donors (Lipinski definition) is 3. The fourth-order valence-corrected chi connectivity index (χ4v) is 4.54. The van der Waals surface area contributed by atoms with Crippen LogP contribution < -0.4 is 16.0 Å². The van der Waals surface area contributed by atoms with E-state index >= 15 is 0 Å². The lowest BCUT2D eigenvalue weighted by atomic mass is 9.97. The molecular weight excluding hydrogens is 418 g/mol. The number of carbonyl (C=O) groups is 1. The van der Waals surface area contributed by atoms with E-state index in [1.807, 2.05) is 55.5 Å². The lowest BCUT2D eigenvalue weighted by Crippen LogP contribution is -2.45. The molecule has 1 aliphatic heterocycles. The maximum atomic E-state index is 13.7. The second-order valence-electron chi connectivity index (χ2n) is 8.20. The molecule has 1 amide bonds. The Morgan fingerprint density at radius 3 is 2.85 bits per heavy atom. The molecule has 4 N–H and O–H groups in total. The first-order valence-corrected chi connectivity index (χ1v) is 10.7. The molecule has 2 aromatic carbocycles. The number of H-pyrrole nitrogens is 1.